The second-order valence-corrected chi connectivity index (χ2v) is 12.0. The van der Waals surface area contributed by atoms with E-state index in [1.54, 1.807) is 6.92 Å². The lowest BCUT2D eigenvalue weighted by Crippen LogP contribution is -2.53. The summed E-state index contributed by atoms with van der Waals surface area (Å²) in [6, 6.07) is 15.7. The summed E-state index contributed by atoms with van der Waals surface area (Å²) in [4.78, 5) is 2.36. The van der Waals surface area contributed by atoms with E-state index < -0.39 is 41.3 Å². The van der Waals surface area contributed by atoms with Gasteiger partial charge in [0, 0.05) is 25.1 Å². The van der Waals surface area contributed by atoms with Gasteiger partial charge in [0.05, 0.1) is 12.5 Å². The van der Waals surface area contributed by atoms with Crippen LogP contribution in [0.2, 0.25) is 0 Å². The Bertz CT molecular complexity index is 1380. The smallest absolute Gasteiger partial charge is 0.200 e. The minimum absolute atomic E-state index is 0.155. The highest BCUT2D eigenvalue weighted by molar-refractivity contribution is 5.49. The van der Waals surface area contributed by atoms with Gasteiger partial charge in [-0.2, -0.15) is 0 Å². The molecule has 2 saturated heterocycles. The summed E-state index contributed by atoms with van der Waals surface area (Å²) < 4.78 is 54.7. The van der Waals surface area contributed by atoms with E-state index in [0.717, 1.165) is 55.8 Å². The van der Waals surface area contributed by atoms with E-state index in [4.69, 9.17) is 18.9 Å². The predicted molar refractivity (Wildman–Crippen MR) is 155 cm³/mol. The Morgan fingerprint density at radius 2 is 1.71 bits per heavy atom. The zero-order chi connectivity index (χ0) is 29.4. The lowest BCUT2D eigenvalue weighted by molar-refractivity contribution is -0.108. The number of hydrogen-bond donors (Lipinski definition) is 1. The Morgan fingerprint density at radius 3 is 2.38 bits per heavy atom. The molecule has 3 heterocycles. The largest absolute Gasteiger partial charge is 0.488 e. The highest BCUT2D eigenvalue weighted by atomic mass is 19.1. The molecule has 0 aromatic heterocycles. The SMILES string of the molecule is CCCN1CC(Oc2ccc(C3Oc4cc(C)ccc4C(C)(O)C3c3cc(F)c(OC4CCCCO4)c(F)c3)cc2)C1. The normalized spacial score (nSPS) is 26.2. The molecule has 3 aliphatic rings. The summed E-state index contributed by atoms with van der Waals surface area (Å²) in [5.41, 5.74) is 1.08. The van der Waals surface area contributed by atoms with Crippen molar-refractivity contribution in [2.24, 2.45) is 0 Å². The molecule has 0 bridgehead atoms. The number of hydrogen-bond acceptors (Lipinski definition) is 6. The van der Waals surface area contributed by atoms with Crippen LogP contribution in [-0.2, 0) is 10.3 Å². The highest BCUT2D eigenvalue weighted by Gasteiger charge is 2.48. The van der Waals surface area contributed by atoms with E-state index in [1.165, 1.54) is 12.1 Å². The third-order valence-corrected chi connectivity index (χ3v) is 8.59. The fourth-order valence-corrected chi connectivity index (χ4v) is 6.40. The number of benzene rings is 3. The molecule has 42 heavy (non-hydrogen) atoms. The molecule has 3 aromatic carbocycles. The quantitative estimate of drug-likeness (QED) is 0.318. The van der Waals surface area contributed by atoms with Gasteiger partial charge in [0.15, 0.2) is 23.7 Å². The van der Waals surface area contributed by atoms with Crippen molar-refractivity contribution in [1.29, 1.82) is 0 Å². The number of ether oxygens (including phenoxy) is 4. The van der Waals surface area contributed by atoms with Crippen LogP contribution in [0.25, 0.3) is 0 Å². The van der Waals surface area contributed by atoms with Crippen molar-refractivity contribution in [3.05, 3.63) is 88.5 Å². The minimum Gasteiger partial charge on any atom is -0.488 e. The van der Waals surface area contributed by atoms with E-state index in [2.05, 4.69) is 11.8 Å². The molecule has 4 atom stereocenters. The summed E-state index contributed by atoms with van der Waals surface area (Å²) in [6.45, 7) is 9.18. The van der Waals surface area contributed by atoms with Gasteiger partial charge in [-0.15, -0.1) is 0 Å². The molecule has 3 aromatic rings. The Balaban J connectivity index is 1.32. The number of aliphatic hydroxyl groups is 1. The molecule has 0 radical (unpaired) electrons. The van der Waals surface area contributed by atoms with Gasteiger partial charge in [0.1, 0.15) is 29.3 Å². The Morgan fingerprint density at radius 1 is 0.976 bits per heavy atom. The van der Waals surface area contributed by atoms with E-state index in [-0.39, 0.29) is 11.7 Å². The molecule has 6 nitrogen and oxygen atoms in total. The van der Waals surface area contributed by atoms with Crippen LogP contribution in [0.4, 0.5) is 8.78 Å². The maximum absolute atomic E-state index is 15.5. The van der Waals surface area contributed by atoms with Gasteiger partial charge in [-0.05, 0) is 86.7 Å². The minimum atomic E-state index is -1.50. The lowest BCUT2D eigenvalue weighted by Gasteiger charge is -2.44. The topological polar surface area (TPSA) is 60.4 Å². The summed E-state index contributed by atoms with van der Waals surface area (Å²) in [5, 5.41) is 12.1. The number of nitrogens with zero attached hydrogens (tertiary/aromatic N) is 1. The fraction of sp³-hybridized carbons (Fsp3) is 0.471. The molecule has 0 saturated carbocycles. The maximum Gasteiger partial charge on any atom is 0.200 e. The molecule has 2 fully saturated rings. The van der Waals surface area contributed by atoms with Crippen molar-refractivity contribution < 1.29 is 32.8 Å². The standard InChI is InChI=1S/C34H39F2NO5/c1-4-14-37-19-25(20-37)40-24-11-9-22(10-12-24)32-31(34(3,38)26-13-8-21(2)16-29(26)41-32)23-17-27(35)33(28(36)18-23)42-30-7-5-6-15-39-30/h8-13,16-18,25,30-32,38H,4-7,14-15,19-20H2,1-3H3. The first-order chi connectivity index (χ1) is 20.2. The second kappa shape index (κ2) is 11.8. The molecular weight excluding hydrogens is 540 g/mol. The van der Waals surface area contributed by atoms with Crippen molar-refractivity contribution >= 4 is 0 Å². The van der Waals surface area contributed by atoms with E-state index in [1.807, 2.05) is 49.4 Å². The molecule has 0 spiro atoms. The Kier molecular flexibility index (Phi) is 8.13. The fourth-order valence-electron chi connectivity index (χ4n) is 6.40. The van der Waals surface area contributed by atoms with Crippen molar-refractivity contribution in [2.75, 3.05) is 26.2 Å². The van der Waals surface area contributed by atoms with Crippen LogP contribution in [0, 0.1) is 18.6 Å². The molecule has 4 unspecified atom stereocenters. The second-order valence-electron chi connectivity index (χ2n) is 12.0. The predicted octanol–water partition coefficient (Wildman–Crippen LogP) is 6.78. The van der Waals surface area contributed by atoms with Crippen LogP contribution in [0.3, 0.4) is 0 Å². The monoisotopic (exact) mass is 579 g/mol. The van der Waals surface area contributed by atoms with Crippen molar-refractivity contribution in [3.8, 4) is 17.2 Å². The van der Waals surface area contributed by atoms with E-state index in [0.29, 0.717) is 24.3 Å². The van der Waals surface area contributed by atoms with Gasteiger partial charge in [0.25, 0.3) is 0 Å². The molecule has 224 valence electrons. The molecule has 0 aliphatic carbocycles. The van der Waals surface area contributed by atoms with Crippen LogP contribution in [0.5, 0.6) is 17.2 Å². The number of halogens is 2. The first kappa shape index (κ1) is 28.9. The number of fused-ring (bicyclic) bond motifs is 1. The summed E-state index contributed by atoms with van der Waals surface area (Å²) >= 11 is 0. The Hall–Kier alpha value is -3.20. The van der Waals surface area contributed by atoms with E-state index in [9.17, 15) is 5.11 Å². The third kappa shape index (κ3) is 5.72. The maximum atomic E-state index is 15.5. The van der Waals surface area contributed by atoms with Crippen LogP contribution >= 0.6 is 0 Å². The number of rotatable bonds is 8. The van der Waals surface area contributed by atoms with Gasteiger partial charge in [-0.25, -0.2) is 8.78 Å². The van der Waals surface area contributed by atoms with Crippen LogP contribution in [0.15, 0.2) is 54.6 Å². The van der Waals surface area contributed by atoms with Gasteiger partial charge < -0.3 is 24.1 Å². The average Bonchev–Trinajstić information content (AvgIpc) is 2.94. The van der Waals surface area contributed by atoms with Gasteiger partial charge in [0.2, 0.25) is 0 Å². The van der Waals surface area contributed by atoms with Crippen LogP contribution < -0.4 is 14.2 Å². The number of aryl methyl sites for hydroxylation is 1. The highest BCUT2D eigenvalue weighted by Crippen LogP contribution is 2.54. The zero-order valence-electron chi connectivity index (χ0n) is 24.4. The van der Waals surface area contributed by atoms with Crippen molar-refractivity contribution in [2.45, 2.75) is 76.5 Å². The van der Waals surface area contributed by atoms with Gasteiger partial charge >= 0.3 is 0 Å². The van der Waals surface area contributed by atoms with Gasteiger partial charge in [-0.1, -0.05) is 31.2 Å². The van der Waals surface area contributed by atoms with Gasteiger partial charge in [-0.3, -0.25) is 4.90 Å². The first-order valence-corrected chi connectivity index (χ1v) is 15.0. The van der Waals surface area contributed by atoms with Crippen LogP contribution in [-0.4, -0.2) is 48.6 Å². The summed E-state index contributed by atoms with van der Waals surface area (Å²) in [7, 11) is 0. The van der Waals surface area contributed by atoms with Crippen LogP contribution in [0.1, 0.15) is 73.8 Å². The lowest BCUT2D eigenvalue weighted by atomic mass is 9.71. The average molecular weight is 580 g/mol. The molecule has 8 heteroatoms. The third-order valence-electron chi connectivity index (χ3n) is 8.59. The zero-order valence-corrected chi connectivity index (χ0v) is 24.4. The molecule has 3 aliphatic heterocycles. The molecule has 1 N–H and O–H groups in total. The molecule has 6 rings (SSSR count). The molecular formula is C34H39F2NO5. The first-order valence-electron chi connectivity index (χ1n) is 15.0. The Labute approximate surface area is 246 Å². The molecule has 0 amide bonds. The van der Waals surface area contributed by atoms with Crippen molar-refractivity contribution in [1.82, 2.24) is 4.90 Å². The summed E-state index contributed by atoms with van der Waals surface area (Å²) in [6.07, 6.45) is 2.20. The van der Waals surface area contributed by atoms with Crippen molar-refractivity contribution in [3.63, 3.8) is 0 Å². The number of likely N-dealkylation sites (tertiary alicyclic amines) is 1. The van der Waals surface area contributed by atoms with E-state index >= 15 is 8.78 Å². The summed E-state index contributed by atoms with van der Waals surface area (Å²) in [5.74, 6) is -1.68.